The van der Waals surface area contributed by atoms with Gasteiger partial charge in [-0.15, -0.1) is 0 Å². The molecule has 1 atom stereocenters. The summed E-state index contributed by atoms with van der Waals surface area (Å²) in [7, 11) is 1.65. The highest BCUT2D eigenvalue weighted by Gasteiger charge is 2.19. The number of nitrogens with zero attached hydrogens (tertiary/aromatic N) is 1. The molecule has 0 bridgehead atoms. The number of hydrogen-bond donors (Lipinski definition) is 3. The lowest BCUT2D eigenvalue weighted by atomic mass is 9.95. The number of benzene rings is 3. The minimum atomic E-state index is -0.249. The molecule has 0 saturated carbocycles. The van der Waals surface area contributed by atoms with Crippen LogP contribution >= 0.6 is 0 Å². The first-order chi connectivity index (χ1) is 17.6. The summed E-state index contributed by atoms with van der Waals surface area (Å²) in [5.41, 5.74) is 5.97. The maximum absolute atomic E-state index is 14.0. The highest BCUT2D eigenvalue weighted by Crippen LogP contribution is 2.30. The van der Waals surface area contributed by atoms with E-state index >= 15 is 0 Å². The molecule has 5 nitrogen and oxygen atoms in total. The van der Waals surface area contributed by atoms with Gasteiger partial charge in [-0.1, -0.05) is 30.3 Å². The van der Waals surface area contributed by atoms with Crippen molar-refractivity contribution in [3.05, 3.63) is 114 Å². The molecule has 6 heteroatoms. The Morgan fingerprint density at radius 1 is 1.03 bits per heavy atom. The Kier molecular flexibility index (Phi) is 6.96. The summed E-state index contributed by atoms with van der Waals surface area (Å²) in [6.45, 7) is 0.682. The number of fused-ring (bicyclic) bond motifs is 1. The molecule has 5 aromatic rings. The fourth-order valence-corrected chi connectivity index (χ4v) is 4.63. The van der Waals surface area contributed by atoms with E-state index in [0.717, 1.165) is 51.0 Å². The van der Waals surface area contributed by atoms with Gasteiger partial charge in [0.1, 0.15) is 17.3 Å². The van der Waals surface area contributed by atoms with E-state index in [9.17, 15) is 9.50 Å². The molecule has 0 amide bonds. The number of phenolic OH excluding ortho intramolecular Hbond substituents is 1. The first-order valence-electron chi connectivity index (χ1n) is 12.0. The molecule has 0 aliphatic heterocycles. The number of aromatic amines is 1. The van der Waals surface area contributed by atoms with Crippen LogP contribution < -0.4 is 10.1 Å². The van der Waals surface area contributed by atoms with Crippen LogP contribution in [0.2, 0.25) is 0 Å². The number of methoxy groups -OCH3 is 1. The average molecular weight is 482 g/mol. The Hall–Kier alpha value is -4.16. The fourth-order valence-electron chi connectivity index (χ4n) is 4.63. The van der Waals surface area contributed by atoms with Crippen LogP contribution in [0.25, 0.3) is 22.0 Å². The third kappa shape index (κ3) is 5.24. The third-order valence-electron chi connectivity index (χ3n) is 6.43. The molecule has 2 aromatic heterocycles. The SMILES string of the molecule is COc1ccc(-c2cccnc2[C@H](Cc2cccc(F)c2)NCCc2c[nH]c3ccc(O)cc23)cc1. The Morgan fingerprint density at radius 3 is 2.69 bits per heavy atom. The average Bonchev–Trinajstić information content (AvgIpc) is 3.30. The van der Waals surface area contributed by atoms with Gasteiger partial charge in [0.2, 0.25) is 0 Å². The quantitative estimate of drug-likeness (QED) is 0.234. The van der Waals surface area contributed by atoms with E-state index in [1.807, 2.05) is 48.7 Å². The van der Waals surface area contributed by atoms with Gasteiger partial charge >= 0.3 is 0 Å². The molecule has 0 fully saturated rings. The zero-order valence-electron chi connectivity index (χ0n) is 20.0. The van der Waals surface area contributed by atoms with Crippen molar-refractivity contribution in [3.8, 4) is 22.6 Å². The van der Waals surface area contributed by atoms with Crippen LogP contribution in [0.5, 0.6) is 11.5 Å². The molecule has 36 heavy (non-hydrogen) atoms. The number of aromatic hydroxyl groups is 1. The van der Waals surface area contributed by atoms with Crippen LogP contribution in [0.1, 0.15) is 22.9 Å². The lowest BCUT2D eigenvalue weighted by Gasteiger charge is -2.22. The standard InChI is InChI=1S/C30H28FN3O2/c1-36-25-10-7-21(8-11-25)26-6-3-14-33-30(26)29(17-20-4-2-5-23(31)16-20)32-15-13-22-19-34-28-12-9-24(35)18-27(22)28/h2-12,14,16,18-19,29,32,34-35H,13,15,17H2,1H3/t29-/m0/s1. The van der Waals surface area contributed by atoms with E-state index in [0.29, 0.717) is 13.0 Å². The molecule has 182 valence electrons. The summed E-state index contributed by atoms with van der Waals surface area (Å²) < 4.78 is 19.3. The molecule has 0 aliphatic carbocycles. The van der Waals surface area contributed by atoms with Crippen LogP contribution in [0, 0.1) is 5.82 Å². The largest absolute Gasteiger partial charge is 0.508 e. The van der Waals surface area contributed by atoms with Crippen LogP contribution in [0.15, 0.2) is 91.3 Å². The number of nitrogens with one attached hydrogen (secondary N) is 2. The zero-order chi connectivity index (χ0) is 24.9. The van der Waals surface area contributed by atoms with E-state index in [1.165, 1.54) is 6.07 Å². The maximum atomic E-state index is 14.0. The number of halogens is 1. The van der Waals surface area contributed by atoms with Crippen molar-refractivity contribution in [2.45, 2.75) is 18.9 Å². The summed E-state index contributed by atoms with van der Waals surface area (Å²) in [5, 5.41) is 14.6. The minimum absolute atomic E-state index is 0.135. The molecule has 0 saturated heterocycles. The molecule has 2 heterocycles. The molecule has 0 radical (unpaired) electrons. The molecule has 3 N–H and O–H groups in total. The number of ether oxygens (including phenoxy) is 1. The van der Waals surface area contributed by atoms with Gasteiger partial charge in [0, 0.05) is 28.9 Å². The fraction of sp³-hybridized carbons (Fsp3) is 0.167. The van der Waals surface area contributed by atoms with Crippen molar-refractivity contribution in [1.29, 1.82) is 0 Å². The second kappa shape index (κ2) is 10.6. The van der Waals surface area contributed by atoms with Gasteiger partial charge in [0.05, 0.1) is 18.8 Å². The van der Waals surface area contributed by atoms with Gasteiger partial charge in [-0.25, -0.2) is 4.39 Å². The predicted molar refractivity (Wildman–Crippen MR) is 141 cm³/mol. The monoisotopic (exact) mass is 481 g/mol. The van der Waals surface area contributed by atoms with E-state index < -0.39 is 0 Å². The van der Waals surface area contributed by atoms with E-state index in [1.54, 1.807) is 37.6 Å². The van der Waals surface area contributed by atoms with Gasteiger partial charge in [-0.2, -0.15) is 0 Å². The van der Waals surface area contributed by atoms with Crippen LogP contribution in [-0.4, -0.2) is 28.7 Å². The number of aromatic nitrogens is 2. The van der Waals surface area contributed by atoms with Gasteiger partial charge in [0.25, 0.3) is 0 Å². The third-order valence-corrected chi connectivity index (χ3v) is 6.43. The summed E-state index contributed by atoms with van der Waals surface area (Å²) >= 11 is 0. The maximum Gasteiger partial charge on any atom is 0.123 e. The molecule has 0 unspecified atom stereocenters. The van der Waals surface area contributed by atoms with Crippen molar-refractivity contribution in [1.82, 2.24) is 15.3 Å². The highest BCUT2D eigenvalue weighted by atomic mass is 19.1. The lowest BCUT2D eigenvalue weighted by Crippen LogP contribution is -2.27. The van der Waals surface area contributed by atoms with E-state index in [-0.39, 0.29) is 17.6 Å². The molecule has 5 rings (SSSR count). The lowest BCUT2D eigenvalue weighted by molar-refractivity contribution is 0.415. The summed E-state index contributed by atoms with van der Waals surface area (Å²) in [6.07, 6.45) is 5.13. The number of pyridine rings is 1. The predicted octanol–water partition coefficient (Wildman–Crippen LogP) is 6.20. The van der Waals surface area contributed by atoms with E-state index in [2.05, 4.69) is 16.4 Å². The molecule has 3 aromatic carbocycles. The van der Waals surface area contributed by atoms with Crippen LogP contribution in [0.3, 0.4) is 0 Å². The topological polar surface area (TPSA) is 70.2 Å². The molecular weight excluding hydrogens is 453 g/mol. The zero-order valence-corrected chi connectivity index (χ0v) is 20.0. The highest BCUT2D eigenvalue weighted by molar-refractivity contribution is 5.84. The number of phenols is 1. The smallest absolute Gasteiger partial charge is 0.123 e. The Bertz CT molecular complexity index is 1460. The number of hydrogen-bond acceptors (Lipinski definition) is 4. The van der Waals surface area contributed by atoms with Crippen molar-refractivity contribution in [2.24, 2.45) is 0 Å². The first kappa shape index (κ1) is 23.6. The van der Waals surface area contributed by atoms with Gasteiger partial charge < -0.3 is 20.1 Å². The number of H-pyrrole nitrogens is 1. The summed E-state index contributed by atoms with van der Waals surface area (Å²) in [4.78, 5) is 8.04. The van der Waals surface area contributed by atoms with Crippen molar-refractivity contribution >= 4 is 10.9 Å². The van der Waals surface area contributed by atoms with Gasteiger partial charge in [0.15, 0.2) is 0 Å². The normalized spacial score (nSPS) is 12.1. The Labute approximate surface area is 209 Å². The van der Waals surface area contributed by atoms with Crippen molar-refractivity contribution < 1.29 is 14.2 Å². The van der Waals surface area contributed by atoms with Crippen molar-refractivity contribution in [3.63, 3.8) is 0 Å². The Balaban J connectivity index is 1.43. The van der Waals surface area contributed by atoms with Crippen LogP contribution in [-0.2, 0) is 12.8 Å². The first-order valence-corrected chi connectivity index (χ1v) is 12.0. The van der Waals surface area contributed by atoms with Gasteiger partial charge in [-0.3, -0.25) is 4.98 Å². The van der Waals surface area contributed by atoms with Gasteiger partial charge in [-0.05, 0) is 84.6 Å². The Morgan fingerprint density at radius 2 is 1.89 bits per heavy atom. The minimum Gasteiger partial charge on any atom is -0.508 e. The van der Waals surface area contributed by atoms with Crippen molar-refractivity contribution in [2.75, 3.05) is 13.7 Å². The molecule has 0 spiro atoms. The second-order valence-corrected chi connectivity index (χ2v) is 8.80. The molecule has 0 aliphatic rings. The summed E-state index contributed by atoms with van der Waals surface area (Å²) in [5.74, 6) is 0.794. The summed E-state index contributed by atoms with van der Waals surface area (Å²) in [6, 6.07) is 23.8. The van der Waals surface area contributed by atoms with E-state index in [4.69, 9.17) is 9.72 Å². The molecular formula is C30H28FN3O2. The second-order valence-electron chi connectivity index (χ2n) is 8.80. The van der Waals surface area contributed by atoms with Crippen LogP contribution in [0.4, 0.5) is 4.39 Å². The number of rotatable bonds is 9.